The molecule has 2 N–H and O–H groups in total. The lowest BCUT2D eigenvalue weighted by Crippen LogP contribution is -1.97. The van der Waals surface area contributed by atoms with Crippen LogP contribution >= 0.6 is 0 Å². The zero-order valence-electron chi connectivity index (χ0n) is 12.2. The summed E-state index contributed by atoms with van der Waals surface area (Å²) in [5, 5.41) is 0. The average molecular weight is 226 g/mol. The van der Waals surface area contributed by atoms with Crippen LogP contribution in [-0.2, 0) is 0 Å². The van der Waals surface area contributed by atoms with Gasteiger partial charge < -0.3 is 5.73 Å². The van der Waals surface area contributed by atoms with Crippen LogP contribution in [-0.4, -0.2) is 6.72 Å². The molecule has 16 heavy (non-hydrogen) atoms. The van der Waals surface area contributed by atoms with E-state index in [1.54, 1.807) is 18.2 Å². The smallest absolute Gasteiger partial charge is 0.0809 e. The van der Waals surface area contributed by atoms with Crippen LogP contribution in [0.5, 0.6) is 0 Å². The molecule has 0 rings (SSSR count). The molecule has 0 radical (unpaired) electrons. The molecule has 0 amide bonds. The quantitative estimate of drug-likeness (QED) is 0.550. The summed E-state index contributed by atoms with van der Waals surface area (Å²) >= 11 is 0. The first kappa shape index (κ1) is 24.1. The Labute approximate surface area is 103 Å². The Balaban J connectivity index is -0.000000103. The Kier molecular flexibility index (Phi) is 44.0. The molecule has 0 heterocycles. The molecule has 0 spiro atoms. The summed E-state index contributed by atoms with van der Waals surface area (Å²) in [6, 6.07) is 0. The highest BCUT2D eigenvalue weighted by molar-refractivity contribution is 5.37. The van der Waals surface area contributed by atoms with Gasteiger partial charge in [0.15, 0.2) is 0 Å². The SMILES string of the molecule is C=C/C=C(N)\C(=C/C)N=C.CC.CC.CC. The fraction of sp³-hybridized carbons (Fsp3) is 0.500. The van der Waals surface area contributed by atoms with Crippen LogP contribution in [0, 0.1) is 0 Å². The summed E-state index contributed by atoms with van der Waals surface area (Å²) in [5.41, 5.74) is 6.82. The molecule has 0 atom stereocenters. The molecular weight excluding hydrogens is 196 g/mol. The Hall–Kier alpha value is -1.31. The van der Waals surface area contributed by atoms with E-state index in [9.17, 15) is 0 Å². The van der Waals surface area contributed by atoms with Gasteiger partial charge in [-0.3, -0.25) is 4.99 Å². The van der Waals surface area contributed by atoms with Crippen molar-refractivity contribution in [2.45, 2.75) is 48.5 Å². The van der Waals surface area contributed by atoms with Gasteiger partial charge in [0, 0.05) is 0 Å². The van der Waals surface area contributed by atoms with E-state index in [-0.39, 0.29) is 0 Å². The minimum Gasteiger partial charge on any atom is -0.397 e. The minimum atomic E-state index is 0.590. The predicted octanol–water partition coefficient (Wildman–Crippen LogP) is 4.70. The van der Waals surface area contributed by atoms with Crippen LogP contribution in [0.1, 0.15) is 48.5 Å². The van der Waals surface area contributed by atoms with E-state index >= 15 is 0 Å². The predicted molar refractivity (Wildman–Crippen MR) is 79.8 cm³/mol. The van der Waals surface area contributed by atoms with E-state index in [1.165, 1.54) is 0 Å². The Morgan fingerprint density at radius 2 is 1.44 bits per heavy atom. The normalized spacial score (nSPS) is 9.19. The van der Waals surface area contributed by atoms with Crippen LogP contribution in [0.25, 0.3) is 0 Å². The fourth-order valence-electron chi connectivity index (χ4n) is 0.562. The van der Waals surface area contributed by atoms with Crippen LogP contribution < -0.4 is 5.73 Å². The molecule has 0 aromatic carbocycles. The number of aliphatic imine (C=N–C) groups is 1. The molecule has 0 saturated carbocycles. The summed E-state index contributed by atoms with van der Waals surface area (Å²) in [6.07, 6.45) is 5.09. The summed E-state index contributed by atoms with van der Waals surface area (Å²) in [6.45, 7) is 20.7. The second kappa shape index (κ2) is 29.2. The number of allylic oxidation sites excluding steroid dienone is 3. The van der Waals surface area contributed by atoms with Crippen LogP contribution in [0.3, 0.4) is 0 Å². The van der Waals surface area contributed by atoms with Gasteiger partial charge >= 0.3 is 0 Å². The van der Waals surface area contributed by atoms with Crippen molar-refractivity contribution in [2.75, 3.05) is 0 Å². The lowest BCUT2D eigenvalue weighted by atomic mass is 10.3. The van der Waals surface area contributed by atoms with Gasteiger partial charge in [0.1, 0.15) is 0 Å². The highest BCUT2D eigenvalue weighted by atomic mass is 14.8. The molecule has 2 nitrogen and oxygen atoms in total. The molecule has 0 aromatic rings. The van der Waals surface area contributed by atoms with E-state index in [0.717, 1.165) is 0 Å². The zero-order valence-corrected chi connectivity index (χ0v) is 12.2. The molecule has 0 aliphatic carbocycles. The summed E-state index contributed by atoms with van der Waals surface area (Å²) < 4.78 is 0. The van der Waals surface area contributed by atoms with E-state index in [1.807, 2.05) is 48.5 Å². The van der Waals surface area contributed by atoms with Crippen molar-refractivity contribution >= 4 is 6.72 Å². The lowest BCUT2D eigenvalue weighted by Gasteiger charge is -1.96. The van der Waals surface area contributed by atoms with E-state index in [2.05, 4.69) is 18.3 Å². The highest BCUT2D eigenvalue weighted by Crippen LogP contribution is 2.03. The highest BCUT2D eigenvalue weighted by Gasteiger charge is 1.91. The third kappa shape index (κ3) is 18.5. The van der Waals surface area contributed by atoms with Crippen molar-refractivity contribution in [2.24, 2.45) is 10.7 Å². The molecule has 2 heteroatoms. The molecule has 0 unspecified atom stereocenters. The molecule has 0 aliphatic rings. The van der Waals surface area contributed by atoms with Gasteiger partial charge in [-0.15, -0.1) is 0 Å². The first-order valence-corrected chi connectivity index (χ1v) is 5.97. The number of nitrogens with zero attached hydrogens (tertiary/aromatic N) is 1. The van der Waals surface area contributed by atoms with Gasteiger partial charge in [-0.25, -0.2) is 0 Å². The molecule has 0 aromatic heterocycles. The van der Waals surface area contributed by atoms with Crippen LogP contribution in [0.15, 0.2) is 41.2 Å². The minimum absolute atomic E-state index is 0.590. The topological polar surface area (TPSA) is 38.4 Å². The van der Waals surface area contributed by atoms with E-state index < -0.39 is 0 Å². The molecule has 0 saturated heterocycles. The van der Waals surface area contributed by atoms with Gasteiger partial charge in [0.25, 0.3) is 0 Å². The van der Waals surface area contributed by atoms with Crippen LogP contribution in [0.4, 0.5) is 0 Å². The first-order valence-electron chi connectivity index (χ1n) is 5.97. The van der Waals surface area contributed by atoms with Gasteiger partial charge in [-0.05, 0) is 19.7 Å². The summed E-state index contributed by atoms with van der Waals surface area (Å²) in [4.78, 5) is 3.70. The van der Waals surface area contributed by atoms with Crippen molar-refractivity contribution in [1.29, 1.82) is 0 Å². The maximum atomic E-state index is 5.54. The van der Waals surface area contributed by atoms with E-state index in [0.29, 0.717) is 11.4 Å². The maximum Gasteiger partial charge on any atom is 0.0809 e. The second-order valence-corrected chi connectivity index (χ2v) is 1.69. The molecule has 0 aliphatic heterocycles. The van der Waals surface area contributed by atoms with Crippen molar-refractivity contribution in [3.63, 3.8) is 0 Å². The molecule has 96 valence electrons. The Morgan fingerprint density at radius 1 is 1.06 bits per heavy atom. The lowest BCUT2D eigenvalue weighted by molar-refractivity contribution is 1.24. The maximum absolute atomic E-state index is 5.54. The Morgan fingerprint density at radius 3 is 1.62 bits per heavy atom. The van der Waals surface area contributed by atoms with Gasteiger partial charge in [-0.2, -0.15) is 0 Å². The fourth-order valence-corrected chi connectivity index (χ4v) is 0.562. The largest absolute Gasteiger partial charge is 0.397 e. The van der Waals surface area contributed by atoms with Crippen molar-refractivity contribution in [3.8, 4) is 0 Å². The zero-order chi connectivity index (χ0) is 14.0. The second-order valence-electron chi connectivity index (χ2n) is 1.69. The number of rotatable bonds is 3. The number of nitrogens with two attached hydrogens (primary N) is 1. The van der Waals surface area contributed by atoms with Crippen molar-refractivity contribution in [1.82, 2.24) is 0 Å². The summed E-state index contributed by atoms with van der Waals surface area (Å²) in [7, 11) is 0. The van der Waals surface area contributed by atoms with Gasteiger partial charge in [-0.1, -0.05) is 60.3 Å². The van der Waals surface area contributed by atoms with Crippen LogP contribution in [0.2, 0.25) is 0 Å². The third-order valence-electron chi connectivity index (χ3n) is 1.04. The average Bonchev–Trinajstić information content (AvgIpc) is 2.38. The van der Waals surface area contributed by atoms with Crippen molar-refractivity contribution in [3.05, 3.63) is 36.2 Å². The van der Waals surface area contributed by atoms with Crippen molar-refractivity contribution < 1.29 is 0 Å². The standard InChI is InChI=1S/C8H12N2.3C2H6/c1-4-6-7(9)8(5-2)10-3;3*1-2/h4-6H,1,3,9H2,2H3;3*1-2H3/b7-6+,8-5+;;;. The third-order valence-corrected chi connectivity index (χ3v) is 1.04. The summed E-state index contributed by atoms with van der Waals surface area (Å²) in [5.74, 6) is 0. The van der Waals surface area contributed by atoms with Gasteiger partial charge in [0.05, 0.1) is 11.4 Å². The molecular formula is C14H30N2. The first-order chi connectivity index (χ1) is 7.76. The number of hydrogen-bond donors (Lipinski definition) is 1. The monoisotopic (exact) mass is 226 g/mol. The van der Waals surface area contributed by atoms with E-state index in [4.69, 9.17) is 5.73 Å². The van der Waals surface area contributed by atoms with Gasteiger partial charge in [0.2, 0.25) is 0 Å². The molecule has 0 bridgehead atoms. The molecule has 0 fully saturated rings. The Bertz CT molecular complexity index is 189. The number of hydrogen-bond acceptors (Lipinski definition) is 2.